The number of aliphatic hydroxyl groups is 1. The Kier molecular flexibility index (Phi) is 4.93. The fraction of sp³-hybridized carbons (Fsp3) is 0.692. The van der Waals surface area contributed by atoms with Crippen LogP contribution < -0.4 is 4.90 Å². The first-order valence-electron chi connectivity index (χ1n) is 6.28. The number of aryl methyl sites for hydroxylation is 1. The maximum absolute atomic E-state index is 9.95. The van der Waals surface area contributed by atoms with E-state index in [0.29, 0.717) is 11.7 Å². The van der Waals surface area contributed by atoms with Crippen LogP contribution in [0, 0.1) is 6.92 Å². The third-order valence-corrected chi connectivity index (χ3v) is 3.05. The standard InChI is InChI=1S/C13H22ClN3O/c1-6-10-15-11(14)9(3)12(16-10)17(7-2)8-13(4,5)18/h18H,6-8H2,1-5H3. The summed E-state index contributed by atoms with van der Waals surface area (Å²) in [4.78, 5) is 10.8. The maximum atomic E-state index is 9.95. The van der Waals surface area contributed by atoms with Gasteiger partial charge in [-0.3, -0.25) is 0 Å². The molecule has 0 radical (unpaired) electrons. The molecule has 0 unspecified atom stereocenters. The van der Waals surface area contributed by atoms with Gasteiger partial charge in [0.2, 0.25) is 0 Å². The Balaban J connectivity index is 3.16. The zero-order valence-corrected chi connectivity index (χ0v) is 12.5. The number of rotatable bonds is 5. The lowest BCUT2D eigenvalue weighted by Crippen LogP contribution is -2.39. The number of hydrogen-bond donors (Lipinski definition) is 1. The number of aromatic nitrogens is 2. The Morgan fingerprint density at radius 3 is 2.33 bits per heavy atom. The highest BCUT2D eigenvalue weighted by Gasteiger charge is 2.21. The maximum Gasteiger partial charge on any atom is 0.137 e. The average Bonchev–Trinajstić information content (AvgIpc) is 2.28. The molecule has 5 heteroatoms. The summed E-state index contributed by atoms with van der Waals surface area (Å²) in [6.45, 7) is 10.8. The van der Waals surface area contributed by atoms with Crippen molar-refractivity contribution in [2.45, 2.75) is 46.6 Å². The second kappa shape index (κ2) is 5.85. The van der Waals surface area contributed by atoms with E-state index < -0.39 is 5.60 Å². The van der Waals surface area contributed by atoms with Crippen molar-refractivity contribution in [3.8, 4) is 0 Å². The lowest BCUT2D eigenvalue weighted by atomic mass is 10.1. The lowest BCUT2D eigenvalue weighted by molar-refractivity contribution is 0.0874. The van der Waals surface area contributed by atoms with E-state index in [0.717, 1.165) is 30.2 Å². The molecule has 1 rings (SSSR count). The predicted molar refractivity (Wildman–Crippen MR) is 75.3 cm³/mol. The molecule has 4 nitrogen and oxygen atoms in total. The van der Waals surface area contributed by atoms with Gasteiger partial charge in [-0.1, -0.05) is 18.5 Å². The number of hydrogen-bond acceptors (Lipinski definition) is 4. The van der Waals surface area contributed by atoms with Gasteiger partial charge in [-0.15, -0.1) is 0 Å². The van der Waals surface area contributed by atoms with Gasteiger partial charge < -0.3 is 10.0 Å². The molecule has 0 saturated heterocycles. The van der Waals surface area contributed by atoms with E-state index in [4.69, 9.17) is 11.6 Å². The molecular formula is C13H22ClN3O. The summed E-state index contributed by atoms with van der Waals surface area (Å²) < 4.78 is 0. The molecule has 0 aliphatic heterocycles. The van der Waals surface area contributed by atoms with Crippen molar-refractivity contribution in [1.82, 2.24) is 9.97 Å². The SMILES string of the molecule is CCc1nc(Cl)c(C)c(N(CC)CC(C)(C)O)n1. The van der Waals surface area contributed by atoms with Gasteiger partial charge in [-0.05, 0) is 27.7 Å². The highest BCUT2D eigenvalue weighted by molar-refractivity contribution is 6.30. The number of halogens is 1. The number of likely N-dealkylation sites (N-methyl/N-ethyl adjacent to an activating group) is 1. The fourth-order valence-electron chi connectivity index (χ4n) is 1.79. The molecule has 0 spiro atoms. The van der Waals surface area contributed by atoms with Gasteiger partial charge in [0.05, 0.1) is 5.60 Å². The minimum Gasteiger partial charge on any atom is -0.389 e. The van der Waals surface area contributed by atoms with Crippen molar-refractivity contribution in [1.29, 1.82) is 0 Å². The van der Waals surface area contributed by atoms with Crippen LogP contribution in [-0.4, -0.2) is 33.8 Å². The van der Waals surface area contributed by atoms with Gasteiger partial charge in [0.25, 0.3) is 0 Å². The molecule has 18 heavy (non-hydrogen) atoms. The van der Waals surface area contributed by atoms with E-state index in [1.165, 1.54) is 0 Å². The Labute approximate surface area is 114 Å². The summed E-state index contributed by atoms with van der Waals surface area (Å²) in [6, 6.07) is 0. The van der Waals surface area contributed by atoms with Crippen LogP contribution in [0.3, 0.4) is 0 Å². The van der Waals surface area contributed by atoms with Gasteiger partial charge in [-0.25, -0.2) is 9.97 Å². The molecule has 0 bridgehead atoms. The highest BCUT2D eigenvalue weighted by Crippen LogP contribution is 2.24. The van der Waals surface area contributed by atoms with Crippen LogP contribution in [0.15, 0.2) is 0 Å². The van der Waals surface area contributed by atoms with Crippen LogP contribution in [0.1, 0.15) is 39.1 Å². The van der Waals surface area contributed by atoms with E-state index in [1.54, 1.807) is 13.8 Å². The molecule has 0 aliphatic rings. The molecule has 1 aromatic rings. The van der Waals surface area contributed by atoms with Crippen molar-refractivity contribution in [2.75, 3.05) is 18.0 Å². The van der Waals surface area contributed by atoms with E-state index in [9.17, 15) is 5.11 Å². The third kappa shape index (κ3) is 3.82. The molecule has 1 aromatic heterocycles. The fourth-order valence-corrected chi connectivity index (χ4v) is 1.97. The van der Waals surface area contributed by atoms with Crippen molar-refractivity contribution < 1.29 is 5.11 Å². The van der Waals surface area contributed by atoms with Crippen LogP contribution in [0.25, 0.3) is 0 Å². The molecule has 0 amide bonds. The first-order chi connectivity index (χ1) is 8.28. The predicted octanol–water partition coefficient (Wildman–Crippen LogP) is 2.60. The normalized spacial score (nSPS) is 11.7. The third-order valence-electron chi connectivity index (χ3n) is 2.68. The summed E-state index contributed by atoms with van der Waals surface area (Å²) in [5, 5.41) is 10.4. The van der Waals surface area contributed by atoms with Gasteiger partial charge in [0.1, 0.15) is 16.8 Å². The molecular weight excluding hydrogens is 250 g/mol. The van der Waals surface area contributed by atoms with Gasteiger partial charge in [0.15, 0.2) is 0 Å². The minimum absolute atomic E-state index is 0.492. The second-order valence-corrected chi connectivity index (χ2v) is 5.42. The topological polar surface area (TPSA) is 49.2 Å². The zero-order chi connectivity index (χ0) is 13.9. The monoisotopic (exact) mass is 271 g/mol. The van der Waals surface area contributed by atoms with Gasteiger partial charge in [-0.2, -0.15) is 0 Å². The summed E-state index contributed by atoms with van der Waals surface area (Å²) >= 11 is 6.13. The Bertz CT molecular complexity index is 415. The minimum atomic E-state index is -0.772. The molecule has 0 atom stereocenters. The van der Waals surface area contributed by atoms with E-state index in [1.807, 2.05) is 25.7 Å². The summed E-state index contributed by atoms with van der Waals surface area (Å²) in [5.41, 5.74) is 0.0895. The number of nitrogens with zero attached hydrogens (tertiary/aromatic N) is 3. The summed E-state index contributed by atoms with van der Waals surface area (Å²) in [5.74, 6) is 1.55. The molecule has 0 aliphatic carbocycles. The molecule has 1 heterocycles. The van der Waals surface area contributed by atoms with Crippen molar-refractivity contribution in [3.63, 3.8) is 0 Å². The van der Waals surface area contributed by atoms with Crippen LogP contribution >= 0.6 is 11.6 Å². The highest BCUT2D eigenvalue weighted by atomic mass is 35.5. The van der Waals surface area contributed by atoms with Crippen LogP contribution in [0.4, 0.5) is 5.82 Å². The number of anilines is 1. The van der Waals surface area contributed by atoms with Crippen LogP contribution in [-0.2, 0) is 6.42 Å². The van der Waals surface area contributed by atoms with Crippen molar-refractivity contribution >= 4 is 17.4 Å². The Morgan fingerprint density at radius 1 is 1.28 bits per heavy atom. The smallest absolute Gasteiger partial charge is 0.137 e. The first kappa shape index (κ1) is 15.2. The molecule has 0 fully saturated rings. The van der Waals surface area contributed by atoms with Gasteiger partial charge in [0, 0.05) is 25.1 Å². The molecule has 0 saturated carbocycles. The Hall–Kier alpha value is -0.870. The Morgan fingerprint density at radius 2 is 1.89 bits per heavy atom. The van der Waals surface area contributed by atoms with E-state index in [-0.39, 0.29) is 0 Å². The van der Waals surface area contributed by atoms with Gasteiger partial charge >= 0.3 is 0 Å². The van der Waals surface area contributed by atoms with E-state index in [2.05, 4.69) is 9.97 Å². The molecule has 102 valence electrons. The zero-order valence-electron chi connectivity index (χ0n) is 11.8. The quantitative estimate of drug-likeness (QED) is 0.837. The molecule has 1 N–H and O–H groups in total. The first-order valence-corrected chi connectivity index (χ1v) is 6.66. The van der Waals surface area contributed by atoms with Crippen LogP contribution in [0.2, 0.25) is 5.15 Å². The van der Waals surface area contributed by atoms with Crippen molar-refractivity contribution in [3.05, 3.63) is 16.5 Å². The largest absolute Gasteiger partial charge is 0.389 e. The summed E-state index contributed by atoms with van der Waals surface area (Å²) in [6.07, 6.45) is 0.743. The summed E-state index contributed by atoms with van der Waals surface area (Å²) in [7, 11) is 0. The lowest BCUT2D eigenvalue weighted by Gasteiger charge is -2.30. The average molecular weight is 272 g/mol. The van der Waals surface area contributed by atoms with E-state index >= 15 is 0 Å². The van der Waals surface area contributed by atoms with Crippen LogP contribution in [0.5, 0.6) is 0 Å². The van der Waals surface area contributed by atoms with Crippen molar-refractivity contribution in [2.24, 2.45) is 0 Å². The second-order valence-electron chi connectivity index (χ2n) is 5.06. The molecule has 0 aromatic carbocycles.